The molecule has 2 aromatic heterocycles. The van der Waals surface area contributed by atoms with Crippen LogP contribution in [0.1, 0.15) is 16.2 Å². The van der Waals surface area contributed by atoms with Crippen LogP contribution in [0.3, 0.4) is 0 Å². The molecule has 2 heterocycles. The molecule has 0 bridgehead atoms. The quantitative estimate of drug-likeness (QED) is 0.318. The summed E-state index contributed by atoms with van der Waals surface area (Å²) < 4.78 is 10.6. The number of anilines is 1. The van der Waals surface area contributed by atoms with Crippen LogP contribution in [-0.2, 0) is 11.3 Å². The van der Waals surface area contributed by atoms with Gasteiger partial charge in [-0.3, -0.25) is 10.2 Å². The predicted octanol–water partition coefficient (Wildman–Crippen LogP) is -2.02. The zero-order valence-electron chi connectivity index (χ0n) is 9.32. The van der Waals surface area contributed by atoms with E-state index in [9.17, 15) is 4.79 Å². The third kappa shape index (κ3) is 1.87. The molecule has 0 aliphatic heterocycles. The summed E-state index contributed by atoms with van der Waals surface area (Å²) in [5, 5.41) is 14.4. The van der Waals surface area contributed by atoms with Crippen molar-refractivity contribution in [2.24, 2.45) is 5.84 Å². The second kappa shape index (κ2) is 4.77. The molecule has 11 nitrogen and oxygen atoms in total. The summed E-state index contributed by atoms with van der Waals surface area (Å²) in [7, 11) is 1.45. The van der Waals surface area contributed by atoms with Crippen molar-refractivity contribution in [3.05, 3.63) is 11.4 Å². The summed E-state index contributed by atoms with van der Waals surface area (Å²) in [6.07, 6.45) is 0. The Balaban J connectivity index is 2.52. The van der Waals surface area contributed by atoms with Gasteiger partial charge in [0.2, 0.25) is 11.6 Å². The fraction of sp³-hybridized carbons (Fsp3) is 0.286. The molecule has 0 fully saturated rings. The minimum absolute atomic E-state index is 0.00162. The fourth-order valence-corrected chi connectivity index (χ4v) is 1.32. The van der Waals surface area contributed by atoms with Crippen LogP contribution in [0.15, 0.2) is 4.63 Å². The highest BCUT2D eigenvalue weighted by Gasteiger charge is 2.23. The number of hydrogen-bond acceptors (Lipinski definition) is 9. The van der Waals surface area contributed by atoms with E-state index in [0.717, 1.165) is 0 Å². The van der Waals surface area contributed by atoms with E-state index in [4.69, 9.17) is 16.3 Å². The Hall–Kier alpha value is -2.53. The largest absolute Gasteiger partial charge is 0.378 e. The molecule has 0 unspecified atom stereocenters. The average molecular weight is 254 g/mol. The van der Waals surface area contributed by atoms with Crippen LogP contribution in [0, 0.1) is 0 Å². The molecule has 11 heteroatoms. The van der Waals surface area contributed by atoms with Gasteiger partial charge in [0.15, 0.2) is 5.69 Å². The molecule has 0 aliphatic rings. The van der Waals surface area contributed by atoms with Crippen LogP contribution in [0.5, 0.6) is 0 Å². The number of hydrogen-bond donors (Lipinski definition) is 3. The summed E-state index contributed by atoms with van der Waals surface area (Å²) in [5.74, 6) is 4.56. The lowest BCUT2D eigenvalue weighted by Gasteiger charge is -2.03. The van der Waals surface area contributed by atoms with Gasteiger partial charge in [0.05, 0.1) is 6.61 Å². The third-order valence-electron chi connectivity index (χ3n) is 2.09. The summed E-state index contributed by atoms with van der Waals surface area (Å²) in [6, 6.07) is 0. The standard InChI is InChI=1S/C7H10N8O3/c1-17-2-3-4(7(16)10-9)11-14-15(3)6-5(8)12-18-13-6/h2,9H2,1H3,(H2,8,12)(H,10,16). The van der Waals surface area contributed by atoms with E-state index in [0.29, 0.717) is 5.69 Å². The number of ether oxygens (including phenoxy) is 1. The van der Waals surface area contributed by atoms with Gasteiger partial charge in [-0.25, -0.2) is 10.5 Å². The third-order valence-corrected chi connectivity index (χ3v) is 2.09. The zero-order valence-corrected chi connectivity index (χ0v) is 9.32. The van der Waals surface area contributed by atoms with E-state index >= 15 is 0 Å². The van der Waals surface area contributed by atoms with Gasteiger partial charge in [-0.2, -0.15) is 4.68 Å². The minimum atomic E-state index is -0.608. The first-order chi connectivity index (χ1) is 8.69. The van der Waals surface area contributed by atoms with E-state index in [1.54, 1.807) is 0 Å². The second-order valence-corrected chi connectivity index (χ2v) is 3.18. The summed E-state index contributed by atoms with van der Waals surface area (Å²) in [4.78, 5) is 11.5. The molecule has 0 aliphatic carbocycles. The highest BCUT2D eigenvalue weighted by atomic mass is 16.6. The van der Waals surface area contributed by atoms with Crippen molar-refractivity contribution in [1.82, 2.24) is 30.7 Å². The van der Waals surface area contributed by atoms with Crippen molar-refractivity contribution in [2.45, 2.75) is 6.61 Å². The first-order valence-corrected chi connectivity index (χ1v) is 4.72. The molecular weight excluding hydrogens is 244 g/mol. The van der Waals surface area contributed by atoms with Crippen molar-refractivity contribution < 1.29 is 14.2 Å². The topological polar surface area (TPSA) is 160 Å². The summed E-state index contributed by atoms with van der Waals surface area (Å²) in [5.41, 5.74) is 7.81. The lowest BCUT2D eigenvalue weighted by atomic mass is 10.3. The lowest BCUT2D eigenvalue weighted by Crippen LogP contribution is -2.31. The van der Waals surface area contributed by atoms with Crippen molar-refractivity contribution in [2.75, 3.05) is 12.8 Å². The Bertz CT molecular complexity index is 561. The molecule has 0 saturated heterocycles. The lowest BCUT2D eigenvalue weighted by molar-refractivity contribution is 0.0943. The predicted molar refractivity (Wildman–Crippen MR) is 56.0 cm³/mol. The molecule has 0 atom stereocenters. The van der Waals surface area contributed by atoms with Gasteiger partial charge < -0.3 is 10.5 Å². The van der Waals surface area contributed by atoms with Crippen molar-refractivity contribution >= 4 is 11.7 Å². The van der Waals surface area contributed by atoms with E-state index in [-0.39, 0.29) is 23.9 Å². The molecule has 2 aromatic rings. The van der Waals surface area contributed by atoms with Crippen molar-refractivity contribution in [1.29, 1.82) is 0 Å². The van der Waals surface area contributed by atoms with E-state index in [1.807, 2.05) is 5.43 Å². The monoisotopic (exact) mass is 254 g/mol. The second-order valence-electron chi connectivity index (χ2n) is 3.18. The Labute approximate surface area is 100.0 Å². The number of nitrogens with one attached hydrogen (secondary N) is 1. The Morgan fingerprint density at radius 2 is 2.33 bits per heavy atom. The first kappa shape index (κ1) is 11.9. The van der Waals surface area contributed by atoms with Gasteiger partial charge in [-0.15, -0.1) is 5.10 Å². The molecule has 18 heavy (non-hydrogen) atoms. The smallest absolute Gasteiger partial charge is 0.287 e. The van der Waals surface area contributed by atoms with Gasteiger partial charge in [0.1, 0.15) is 5.69 Å². The van der Waals surface area contributed by atoms with Crippen molar-refractivity contribution in [3.8, 4) is 5.82 Å². The molecule has 0 spiro atoms. The van der Waals surface area contributed by atoms with Crippen LogP contribution in [0.4, 0.5) is 5.82 Å². The zero-order chi connectivity index (χ0) is 13.1. The highest BCUT2D eigenvalue weighted by molar-refractivity contribution is 5.92. The molecule has 2 rings (SSSR count). The number of carbonyl (C=O) groups is 1. The van der Waals surface area contributed by atoms with Crippen molar-refractivity contribution in [3.63, 3.8) is 0 Å². The number of methoxy groups -OCH3 is 1. The number of carbonyl (C=O) groups excluding carboxylic acids is 1. The molecule has 0 radical (unpaired) electrons. The van der Waals surface area contributed by atoms with Crippen LogP contribution < -0.4 is 17.0 Å². The number of nitrogen functional groups attached to an aromatic ring is 2. The maximum absolute atomic E-state index is 11.5. The van der Waals surface area contributed by atoms with E-state index in [1.165, 1.54) is 11.8 Å². The minimum Gasteiger partial charge on any atom is -0.378 e. The Kier molecular flexibility index (Phi) is 3.16. The maximum Gasteiger partial charge on any atom is 0.287 e. The van der Waals surface area contributed by atoms with Crippen LogP contribution in [-0.4, -0.2) is 38.3 Å². The average Bonchev–Trinajstić information content (AvgIpc) is 2.95. The Morgan fingerprint density at radius 1 is 1.56 bits per heavy atom. The number of hydrazine groups is 1. The summed E-state index contributed by atoms with van der Waals surface area (Å²) in [6.45, 7) is 0.0576. The molecule has 0 aromatic carbocycles. The number of amides is 1. The number of rotatable bonds is 4. The van der Waals surface area contributed by atoms with Crippen LogP contribution in [0.2, 0.25) is 0 Å². The Morgan fingerprint density at radius 3 is 2.89 bits per heavy atom. The number of aromatic nitrogens is 5. The molecule has 5 N–H and O–H groups in total. The molecule has 96 valence electrons. The normalized spacial score (nSPS) is 10.6. The number of nitrogens with zero attached hydrogens (tertiary/aromatic N) is 5. The van der Waals surface area contributed by atoms with Gasteiger partial charge in [-0.05, 0) is 10.3 Å². The van der Waals surface area contributed by atoms with Crippen LogP contribution in [0.25, 0.3) is 5.82 Å². The first-order valence-electron chi connectivity index (χ1n) is 4.72. The molecule has 1 amide bonds. The fourth-order valence-electron chi connectivity index (χ4n) is 1.32. The maximum atomic E-state index is 11.5. The van der Waals surface area contributed by atoms with Gasteiger partial charge in [-0.1, -0.05) is 5.21 Å². The SMILES string of the molecule is COCc1c(C(=O)NN)nnn1-c1nonc1N. The molecule has 0 saturated carbocycles. The van der Waals surface area contributed by atoms with E-state index < -0.39 is 5.91 Å². The van der Waals surface area contributed by atoms with Gasteiger partial charge >= 0.3 is 0 Å². The highest BCUT2D eigenvalue weighted by Crippen LogP contribution is 2.16. The van der Waals surface area contributed by atoms with Gasteiger partial charge in [0.25, 0.3) is 5.91 Å². The molecular formula is C7H10N8O3. The summed E-state index contributed by atoms with van der Waals surface area (Å²) >= 11 is 0. The van der Waals surface area contributed by atoms with E-state index in [2.05, 4.69) is 25.3 Å². The van der Waals surface area contributed by atoms with Crippen LogP contribution >= 0.6 is 0 Å². The number of nitrogens with two attached hydrogens (primary N) is 2. The van der Waals surface area contributed by atoms with Gasteiger partial charge in [0, 0.05) is 7.11 Å².